The molecule has 0 saturated carbocycles. The van der Waals surface area contributed by atoms with Crippen molar-refractivity contribution in [3.05, 3.63) is 53.2 Å². The molecule has 0 unspecified atom stereocenters. The van der Waals surface area contributed by atoms with Gasteiger partial charge in [0.2, 0.25) is 0 Å². The van der Waals surface area contributed by atoms with Gasteiger partial charge < -0.3 is 9.42 Å². The Bertz CT molecular complexity index is 742. The van der Waals surface area contributed by atoms with Crippen molar-refractivity contribution in [2.75, 3.05) is 19.6 Å². The Kier molecular flexibility index (Phi) is 5.71. The Morgan fingerprint density at radius 1 is 1.31 bits per heavy atom. The molecule has 0 aliphatic carbocycles. The van der Waals surface area contributed by atoms with Crippen LogP contribution in [0.3, 0.4) is 0 Å². The van der Waals surface area contributed by atoms with Gasteiger partial charge in [0, 0.05) is 38.3 Å². The average Bonchev–Trinajstić information content (AvgIpc) is 2.93. The van der Waals surface area contributed by atoms with Crippen molar-refractivity contribution in [3.8, 4) is 0 Å². The maximum atomic E-state index is 13.2. The molecule has 1 aliphatic rings. The molecule has 1 aliphatic heterocycles. The second kappa shape index (κ2) is 7.99. The predicted octanol–water partition coefficient (Wildman–Crippen LogP) is 3.49. The van der Waals surface area contributed by atoms with Gasteiger partial charge in [-0.15, -0.1) is 0 Å². The monoisotopic (exact) mass is 359 g/mol. The van der Waals surface area contributed by atoms with Gasteiger partial charge in [-0.05, 0) is 37.0 Å². The molecule has 0 N–H and O–H groups in total. The third-order valence-electron chi connectivity index (χ3n) is 4.95. The molecule has 1 aromatic heterocycles. The number of carbonyl (C=O) groups excluding carboxylic acids is 1. The second-order valence-electron chi connectivity index (χ2n) is 7.34. The minimum absolute atomic E-state index is 0.0730. The van der Waals surface area contributed by atoms with Crippen molar-refractivity contribution in [1.29, 1.82) is 0 Å². The first-order valence-electron chi connectivity index (χ1n) is 9.15. The van der Waals surface area contributed by atoms with Crippen LogP contribution < -0.4 is 0 Å². The third-order valence-corrected chi connectivity index (χ3v) is 4.95. The molecule has 0 radical (unpaired) electrons. The summed E-state index contributed by atoms with van der Waals surface area (Å²) in [6.45, 7) is 9.16. The Labute approximate surface area is 153 Å². The maximum Gasteiger partial charge on any atom is 0.276 e. The summed E-state index contributed by atoms with van der Waals surface area (Å²) < 4.78 is 18.2. The molecule has 2 heterocycles. The summed E-state index contributed by atoms with van der Waals surface area (Å²) in [5.41, 5.74) is 1.46. The van der Waals surface area contributed by atoms with Crippen LogP contribution in [0.1, 0.15) is 42.1 Å². The lowest BCUT2D eigenvalue weighted by atomic mass is 10.0. The van der Waals surface area contributed by atoms with E-state index in [0.717, 1.165) is 25.1 Å². The fourth-order valence-corrected chi connectivity index (χ4v) is 3.53. The van der Waals surface area contributed by atoms with Crippen LogP contribution in [0.5, 0.6) is 0 Å². The van der Waals surface area contributed by atoms with Crippen molar-refractivity contribution >= 4 is 5.91 Å². The molecular formula is C20H26FN3O2. The number of hydrogen-bond donors (Lipinski definition) is 0. The summed E-state index contributed by atoms with van der Waals surface area (Å²) in [4.78, 5) is 17.1. The van der Waals surface area contributed by atoms with Gasteiger partial charge in [0.15, 0.2) is 5.69 Å². The van der Waals surface area contributed by atoms with E-state index in [1.165, 1.54) is 12.1 Å². The molecule has 6 heteroatoms. The zero-order valence-corrected chi connectivity index (χ0v) is 15.6. The zero-order chi connectivity index (χ0) is 18.7. The van der Waals surface area contributed by atoms with Crippen LogP contribution in [0.2, 0.25) is 0 Å². The van der Waals surface area contributed by atoms with E-state index < -0.39 is 0 Å². The Morgan fingerprint density at radius 3 is 2.65 bits per heavy atom. The molecule has 0 spiro atoms. The standard InChI is InChI=1S/C20H26FN3O2/c1-14(2)19-13-24(20(25)18-11-15(3)26-22-18)10-4-9-23(19)12-16-5-7-17(21)8-6-16/h5-8,11,14,19H,4,9-10,12-13H2,1-3H3/t19-/m1/s1. The van der Waals surface area contributed by atoms with Crippen LogP contribution in [0, 0.1) is 18.7 Å². The fourth-order valence-electron chi connectivity index (χ4n) is 3.53. The van der Waals surface area contributed by atoms with Crippen LogP contribution in [-0.4, -0.2) is 46.5 Å². The lowest BCUT2D eigenvalue weighted by molar-refractivity contribution is 0.0692. The number of rotatable bonds is 4. The first kappa shape index (κ1) is 18.6. The topological polar surface area (TPSA) is 49.6 Å². The molecule has 1 aromatic carbocycles. The molecular weight excluding hydrogens is 333 g/mol. The van der Waals surface area contributed by atoms with E-state index >= 15 is 0 Å². The van der Waals surface area contributed by atoms with Crippen molar-refractivity contribution < 1.29 is 13.7 Å². The normalized spacial score (nSPS) is 19.0. The van der Waals surface area contributed by atoms with Gasteiger partial charge >= 0.3 is 0 Å². The highest BCUT2D eigenvalue weighted by molar-refractivity contribution is 5.92. The van der Waals surface area contributed by atoms with Crippen LogP contribution in [-0.2, 0) is 6.54 Å². The lowest BCUT2D eigenvalue weighted by Gasteiger charge is -2.34. The van der Waals surface area contributed by atoms with E-state index in [-0.39, 0.29) is 17.8 Å². The van der Waals surface area contributed by atoms with Gasteiger partial charge in [-0.1, -0.05) is 31.1 Å². The molecule has 5 nitrogen and oxygen atoms in total. The average molecular weight is 359 g/mol. The molecule has 1 atom stereocenters. The number of nitrogens with zero attached hydrogens (tertiary/aromatic N) is 3. The fraction of sp³-hybridized carbons (Fsp3) is 0.500. The Hall–Kier alpha value is -2.21. The molecule has 140 valence electrons. The van der Waals surface area contributed by atoms with Gasteiger partial charge in [0.25, 0.3) is 5.91 Å². The number of aryl methyl sites for hydroxylation is 1. The third kappa shape index (κ3) is 4.30. The van der Waals surface area contributed by atoms with E-state index in [2.05, 4.69) is 23.9 Å². The lowest BCUT2D eigenvalue weighted by Crippen LogP contribution is -2.45. The summed E-state index contributed by atoms with van der Waals surface area (Å²) in [5, 5.41) is 3.87. The number of benzene rings is 1. The van der Waals surface area contributed by atoms with Crippen LogP contribution in [0.25, 0.3) is 0 Å². The molecule has 1 fully saturated rings. The van der Waals surface area contributed by atoms with Crippen molar-refractivity contribution in [2.24, 2.45) is 5.92 Å². The molecule has 1 amide bonds. The van der Waals surface area contributed by atoms with Crippen LogP contribution in [0.4, 0.5) is 4.39 Å². The number of amides is 1. The zero-order valence-electron chi connectivity index (χ0n) is 15.6. The number of halogens is 1. The first-order valence-corrected chi connectivity index (χ1v) is 9.15. The van der Waals surface area contributed by atoms with E-state index in [4.69, 9.17) is 4.52 Å². The van der Waals surface area contributed by atoms with Gasteiger partial charge in [-0.25, -0.2) is 4.39 Å². The van der Waals surface area contributed by atoms with E-state index in [0.29, 0.717) is 30.5 Å². The van der Waals surface area contributed by atoms with E-state index in [1.807, 2.05) is 17.0 Å². The Morgan fingerprint density at radius 2 is 2.04 bits per heavy atom. The van der Waals surface area contributed by atoms with Crippen LogP contribution in [0.15, 0.2) is 34.9 Å². The number of hydrogen-bond acceptors (Lipinski definition) is 4. The summed E-state index contributed by atoms with van der Waals surface area (Å²) in [7, 11) is 0. The molecule has 1 saturated heterocycles. The quantitative estimate of drug-likeness (QED) is 0.838. The van der Waals surface area contributed by atoms with E-state index in [1.54, 1.807) is 13.0 Å². The predicted molar refractivity (Wildman–Crippen MR) is 97.2 cm³/mol. The van der Waals surface area contributed by atoms with Crippen molar-refractivity contribution in [2.45, 2.75) is 39.8 Å². The van der Waals surface area contributed by atoms with Gasteiger partial charge in [0.1, 0.15) is 11.6 Å². The molecule has 3 rings (SSSR count). The smallest absolute Gasteiger partial charge is 0.276 e. The SMILES string of the molecule is Cc1cc(C(=O)N2CCCN(Cc3ccc(F)cc3)[C@@H](C(C)C)C2)no1. The number of carbonyl (C=O) groups is 1. The van der Waals surface area contributed by atoms with Gasteiger partial charge in [-0.2, -0.15) is 0 Å². The highest BCUT2D eigenvalue weighted by Crippen LogP contribution is 2.21. The summed E-state index contributed by atoms with van der Waals surface area (Å²) >= 11 is 0. The first-order chi connectivity index (χ1) is 12.4. The highest BCUT2D eigenvalue weighted by atomic mass is 19.1. The molecule has 0 bridgehead atoms. The van der Waals surface area contributed by atoms with Crippen molar-refractivity contribution in [1.82, 2.24) is 15.0 Å². The number of aromatic nitrogens is 1. The molecule has 26 heavy (non-hydrogen) atoms. The highest BCUT2D eigenvalue weighted by Gasteiger charge is 2.30. The van der Waals surface area contributed by atoms with Crippen LogP contribution >= 0.6 is 0 Å². The second-order valence-corrected chi connectivity index (χ2v) is 7.34. The minimum Gasteiger partial charge on any atom is -0.361 e. The molecule has 2 aromatic rings. The van der Waals surface area contributed by atoms with Gasteiger partial charge in [-0.3, -0.25) is 9.69 Å². The van der Waals surface area contributed by atoms with E-state index in [9.17, 15) is 9.18 Å². The minimum atomic E-state index is -0.218. The Balaban J connectivity index is 1.74. The summed E-state index contributed by atoms with van der Waals surface area (Å²) in [5.74, 6) is 0.741. The maximum absolute atomic E-state index is 13.2. The summed E-state index contributed by atoms with van der Waals surface area (Å²) in [6.07, 6.45) is 0.896. The van der Waals surface area contributed by atoms with Gasteiger partial charge in [0.05, 0.1) is 0 Å². The van der Waals surface area contributed by atoms with Crippen molar-refractivity contribution in [3.63, 3.8) is 0 Å². The largest absolute Gasteiger partial charge is 0.361 e. The summed E-state index contributed by atoms with van der Waals surface area (Å²) in [6, 6.07) is 8.59.